The second kappa shape index (κ2) is 4.23. The summed E-state index contributed by atoms with van der Waals surface area (Å²) in [4.78, 5) is 2.51. The highest BCUT2D eigenvalue weighted by Gasteiger charge is 2.27. The van der Waals surface area contributed by atoms with Crippen LogP contribution in [0.1, 0.15) is 20.3 Å². The first-order valence-electron chi connectivity index (χ1n) is 5.73. The van der Waals surface area contributed by atoms with E-state index >= 15 is 0 Å². The van der Waals surface area contributed by atoms with Crippen LogP contribution < -0.4 is 10.2 Å². The van der Waals surface area contributed by atoms with Gasteiger partial charge in [0, 0.05) is 24.3 Å². The Labute approximate surface area is 92.3 Å². The van der Waals surface area contributed by atoms with Crippen molar-refractivity contribution in [1.29, 1.82) is 0 Å². The van der Waals surface area contributed by atoms with Gasteiger partial charge in [-0.25, -0.2) is 0 Å². The third-order valence-corrected chi connectivity index (χ3v) is 3.09. The molecule has 2 rings (SSSR count). The third-order valence-electron chi connectivity index (χ3n) is 3.09. The van der Waals surface area contributed by atoms with Crippen molar-refractivity contribution in [2.75, 3.05) is 24.5 Å². The number of nitrogens with one attached hydrogen (secondary N) is 1. The van der Waals surface area contributed by atoms with E-state index < -0.39 is 0 Å². The molecule has 0 bridgehead atoms. The number of para-hydroxylation sites is 1. The maximum atomic E-state index is 3.50. The summed E-state index contributed by atoms with van der Waals surface area (Å²) >= 11 is 0. The van der Waals surface area contributed by atoms with E-state index in [9.17, 15) is 0 Å². The van der Waals surface area contributed by atoms with Crippen LogP contribution in [0.15, 0.2) is 30.3 Å². The minimum atomic E-state index is 0.206. The van der Waals surface area contributed by atoms with Crippen LogP contribution in [0.25, 0.3) is 0 Å². The molecule has 1 aromatic carbocycles. The predicted molar refractivity (Wildman–Crippen MR) is 65.4 cm³/mol. The van der Waals surface area contributed by atoms with E-state index in [1.54, 1.807) is 0 Å². The van der Waals surface area contributed by atoms with Crippen molar-refractivity contribution in [2.24, 2.45) is 0 Å². The molecule has 2 nitrogen and oxygen atoms in total. The second-order valence-electron chi connectivity index (χ2n) is 4.83. The van der Waals surface area contributed by atoms with Crippen molar-refractivity contribution in [2.45, 2.75) is 25.8 Å². The molecule has 0 saturated carbocycles. The van der Waals surface area contributed by atoms with Crippen LogP contribution in [0.4, 0.5) is 5.69 Å². The molecule has 1 aliphatic heterocycles. The number of benzene rings is 1. The maximum absolute atomic E-state index is 3.50. The zero-order valence-corrected chi connectivity index (χ0v) is 9.66. The summed E-state index contributed by atoms with van der Waals surface area (Å²) < 4.78 is 0. The number of hydrogen-bond acceptors (Lipinski definition) is 2. The van der Waals surface area contributed by atoms with Crippen LogP contribution >= 0.6 is 0 Å². The number of hydrogen-bond donors (Lipinski definition) is 1. The molecule has 1 aliphatic rings. The molecule has 0 radical (unpaired) electrons. The fraction of sp³-hybridized carbons (Fsp3) is 0.538. The largest absolute Gasteiger partial charge is 0.365 e. The fourth-order valence-electron chi connectivity index (χ4n) is 2.24. The standard InChI is InChI=1S/C13H20N2/c1-13(2)11-14-9-6-10-15(13)12-7-4-3-5-8-12/h3-5,7-8,14H,6,9-11H2,1-2H3. The van der Waals surface area contributed by atoms with E-state index in [0.717, 1.165) is 19.6 Å². The maximum Gasteiger partial charge on any atom is 0.0470 e. The molecule has 1 N–H and O–H groups in total. The Hall–Kier alpha value is -1.02. The van der Waals surface area contributed by atoms with Gasteiger partial charge in [-0.2, -0.15) is 0 Å². The molecule has 0 aromatic heterocycles. The molecule has 15 heavy (non-hydrogen) atoms. The van der Waals surface area contributed by atoms with Crippen LogP contribution in [-0.2, 0) is 0 Å². The first-order valence-corrected chi connectivity index (χ1v) is 5.73. The molecular weight excluding hydrogens is 184 g/mol. The molecule has 0 unspecified atom stereocenters. The highest BCUT2D eigenvalue weighted by Crippen LogP contribution is 2.24. The molecule has 1 saturated heterocycles. The zero-order valence-electron chi connectivity index (χ0n) is 9.66. The summed E-state index contributed by atoms with van der Waals surface area (Å²) in [6.07, 6.45) is 1.22. The van der Waals surface area contributed by atoms with Crippen LogP contribution in [-0.4, -0.2) is 25.2 Å². The van der Waals surface area contributed by atoms with Gasteiger partial charge in [0.1, 0.15) is 0 Å². The number of nitrogens with zero attached hydrogens (tertiary/aromatic N) is 1. The molecule has 82 valence electrons. The number of rotatable bonds is 1. The van der Waals surface area contributed by atoms with Gasteiger partial charge in [0.15, 0.2) is 0 Å². The SMILES string of the molecule is CC1(C)CNCCCN1c1ccccc1. The minimum absolute atomic E-state index is 0.206. The third kappa shape index (κ3) is 2.32. The lowest BCUT2D eigenvalue weighted by atomic mass is 10.0. The zero-order chi connectivity index (χ0) is 10.7. The van der Waals surface area contributed by atoms with Crippen LogP contribution in [0.3, 0.4) is 0 Å². The van der Waals surface area contributed by atoms with E-state index in [1.807, 2.05) is 0 Å². The molecule has 1 fully saturated rings. The van der Waals surface area contributed by atoms with Gasteiger partial charge in [-0.1, -0.05) is 18.2 Å². The van der Waals surface area contributed by atoms with Crippen LogP contribution in [0.5, 0.6) is 0 Å². The highest BCUT2D eigenvalue weighted by atomic mass is 15.2. The summed E-state index contributed by atoms with van der Waals surface area (Å²) in [6.45, 7) is 7.94. The van der Waals surface area contributed by atoms with Gasteiger partial charge in [0.25, 0.3) is 0 Å². The molecule has 0 spiro atoms. The summed E-state index contributed by atoms with van der Waals surface area (Å²) in [5.74, 6) is 0. The van der Waals surface area contributed by atoms with Crippen molar-refractivity contribution in [3.05, 3.63) is 30.3 Å². The summed E-state index contributed by atoms with van der Waals surface area (Å²) in [7, 11) is 0. The van der Waals surface area contributed by atoms with Gasteiger partial charge in [-0.15, -0.1) is 0 Å². The molecule has 1 aromatic rings. The monoisotopic (exact) mass is 204 g/mol. The second-order valence-corrected chi connectivity index (χ2v) is 4.83. The van der Waals surface area contributed by atoms with Gasteiger partial charge >= 0.3 is 0 Å². The van der Waals surface area contributed by atoms with Crippen LogP contribution in [0.2, 0.25) is 0 Å². The van der Waals surface area contributed by atoms with Crippen LogP contribution in [0, 0.1) is 0 Å². The Morgan fingerprint density at radius 3 is 2.67 bits per heavy atom. The molecule has 0 atom stereocenters. The predicted octanol–water partition coefficient (Wildman–Crippen LogP) is 2.26. The Kier molecular flexibility index (Phi) is 2.96. The Bertz CT molecular complexity index is 306. The van der Waals surface area contributed by atoms with Gasteiger partial charge in [0.2, 0.25) is 0 Å². The first-order chi connectivity index (χ1) is 7.20. The first kappa shape index (κ1) is 10.5. The lowest BCUT2D eigenvalue weighted by molar-refractivity contribution is 0.462. The molecule has 0 aliphatic carbocycles. The Morgan fingerprint density at radius 2 is 1.93 bits per heavy atom. The van der Waals surface area contributed by atoms with Crippen molar-refractivity contribution in [3.63, 3.8) is 0 Å². The lowest BCUT2D eigenvalue weighted by Crippen LogP contribution is -2.48. The van der Waals surface area contributed by atoms with Gasteiger partial charge in [-0.05, 0) is 38.9 Å². The summed E-state index contributed by atoms with van der Waals surface area (Å²) in [5.41, 5.74) is 1.55. The smallest absolute Gasteiger partial charge is 0.0470 e. The van der Waals surface area contributed by atoms with Gasteiger partial charge in [0.05, 0.1) is 0 Å². The summed E-state index contributed by atoms with van der Waals surface area (Å²) in [6, 6.07) is 10.7. The normalized spacial score (nSPS) is 21.1. The lowest BCUT2D eigenvalue weighted by Gasteiger charge is -2.38. The van der Waals surface area contributed by atoms with E-state index in [1.165, 1.54) is 12.1 Å². The quantitative estimate of drug-likeness (QED) is 0.755. The van der Waals surface area contributed by atoms with E-state index in [2.05, 4.69) is 54.4 Å². The molecule has 1 heterocycles. The molecule has 2 heteroatoms. The Morgan fingerprint density at radius 1 is 1.20 bits per heavy atom. The van der Waals surface area contributed by atoms with Crippen molar-refractivity contribution >= 4 is 5.69 Å². The van der Waals surface area contributed by atoms with Crippen molar-refractivity contribution in [1.82, 2.24) is 5.32 Å². The number of anilines is 1. The summed E-state index contributed by atoms with van der Waals surface area (Å²) in [5, 5.41) is 3.50. The molecular formula is C13H20N2. The average molecular weight is 204 g/mol. The van der Waals surface area contributed by atoms with E-state index in [0.29, 0.717) is 0 Å². The average Bonchev–Trinajstić information content (AvgIpc) is 2.40. The molecule has 0 amide bonds. The van der Waals surface area contributed by atoms with Crippen molar-refractivity contribution in [3.8, 4) is 0 Å². The van der Waals surface area contributed by atoms with Gasteiger partial charge < -0.3 is 10.2 Å². The fourth-order valence-corrected chi connectivity index (χ4v) is 2.24. The minimum Gasteiger partial charge on any atom is -0.365 e. The van der Waals surface area contributed by atoms with E-state index in [-0.39, 0.29) is 5.54 Å². The topological polar surface area (TPSA) is 15.3 Å². The highest BCUT2D eigenvalue weighted by molar-refractivity contribution is 5.48. The van der Waals surface area contributed by atoms with E-state index in [4.69, 9.17) is 0 Å². The van der Waals surface area contributed by atoms with Crippen molar-refractivity contribution < 1.29 is 0 Å². The Balaban J connectivity index is 2.25. The van der Waals surface area contributed by atoms with Gasteiger partial charge in [-0.3, -0.25) is 0 Å².